The van der Waals surface area contributed by atoms with Crippen LogP contribution >= 0.6 is 27.3 Å². The van der Waals surface area contributed by atoms with Gasteiger partial charge in [0.2, 0.25) is 5.91 Å². The number of nitrogens with zero attached hydrogens (tertiary/aromatic N) is 4. The van der Waals surface area contributed by atoms with Gasteiger partial charge in [-0.15, -0.1) is 0 Å². The van der Waals surface area contributed by atoms with E-state index in [0.717, 1.165) is 28.6 Å². The van der Waals surface area contributed by atoms with E-state index >= 15 is 0 Å². The Morgan fingerprint density at radius 3 is 2.78 bits per heavy atom. The second-order valence-corrected chi connectivity index (χ2v) is 8.30. The Morgan fingerprint density at radius 2 is 2.04 bits per heavy atom. The van der Waals surface area contributed by atoms with Crippen LogP contribution in [-0.4, -0.2) is 47.0 Å². The topological polar surface area (TPSA) is 49.3 Å². The fraction of sp³-hybridized carbons (Fsp3) is 0.316. The van der Waals surface area contributed by atoms with Gasteiger partial charge in [0, 0.05) is 43.3 Å². The molecule has 1 aliphatic heterocycles. The predicted molar refractivity (Wildman–Crippen MR) is 109 cm³/mol. The van der Waals surface area contributed by atoms with Gasteiger partial charge in [0.15, 0.2) is 5.13 Å². The monoisotopic (exact) mass is 448 g/mol. The summed E-state index contributed by atoms with van der Waals surface area (Å²) in [4.78, 5) is 26.4. The summed E-state index contributed by atoms with van der Waals surface area (Å²) in [6.07, 6.45) is 2.51. The minimum atomic E-state index is -0.272. The van der Waals surface area contributed by atoms with Crippen molar-refractivity contribution in [3.63, 3.8) is 0 Å². The first kappa shape index (κ1) is 18.3. The highest BCUT2D eigenvalue weighted by Gasteiger charge is 2.23. The first-order chi connectivity index (χ1) is 13.1. The lowest BCUT2D eigenvalue weighted by atomic mass is 10.1. The van der Waals surface area contributed by atoms with Crippen molar-refractivity contribution in [2.75, 3.05) is 31.1 Å². The Balaban J connectivity index is 1.32. The SMILES string of the molecule is O=C(CCc1ccc(Br)cc1F)N1CCN(c2nc3cccnc3s2)CC1. The molecule has 0 bridgehead atoms. The van der Waals surface area contributed by atoms with Gasteiger partial charge in [0.05, 0.1) is 0 Å². The Hall–Kier alpha value is -2.06. The number of carbonyl (C=O) groups is 1. The average molecular weight is 449 g/mol. The van der Waals surface area contributed by atoms with Crippen molar-refractivity contribution in [3.05, 3.63) is 52.4 Å². The molecule has 8 heteroatoms. The van der Waals surface area contributed by atoms with E-state index in [-0.39, 0.29) is 11.7 Å². The third-order valence-corrected chi connectivity index (χ3v) is 6.21. The zero-order valence-corrected chi connectivity index (χ0v) is 17.0. The molecule has 0 unspecified atom stereocenters. The maximum Gasteiger partial charge on any atom is 0.223 e. The molecule has 0 saturated carbocycles. The largest absolute Gasteiger partial charge is 0.344 e. The van der Waals surface area contributed by atoms with Crippen LogP contribution in [0.2, 0.25) is 0 Å². The van der Waals surface area contributed by atoms with Crippen LogP contribution in [0, 0.1) is 5.82 Å². The summed E-state index contributed by atoms with van der Waals surface area (Å²) in [7, 11) is 0. The van der Waals surface area contributed by atoms with E-state index < -0.39 is 0 Å². The van der Waals surface area contributed by atoms with Crippen LogP contribution in [0.5, 0.6) is 0 Å². The minimum Gasteiger partial charge on any atom is -0.344 e. The molecule has 1 fully saturated rings. The van der Waals surface area contributed by atoms with Crippen molar-refractivity contribution in [1.82, 2.24) is 14.9 Å². The molecular weight excluding hydrogens is 431 g/mol. The number of fused-ring (bicyclic) bond motifs is 1. The molecule has 0 atom stereocenters. The Kier molecular flexibility index (Phi) is 5.36. The van der Waals surface area contributed by atoms with E-state index in [1.807, 2.05) is 17.0 Å². The summed E-state index contributed by atoms with van der Waals surface area (Å²) in [5, 5.41) is 0.952. The summed E-state index contributed by atoms with van der Waals surface area (Å²) in [6.45, 7) is 2.81. The van der Waals surface area contributed by atoms with Crippen molar-refractivity contribution < 1.29 is 9.18 Å². The van der Waals surface area contributed by atoms with E-state index in [9.17, 15) is 9.18 Å². The molecule has 0 spiro atoms. The number of aromatic nitrogens is 2. The van der Waals surface area contributed by atoms with Gasteiger partial charge < -0.3 is 9.80 Å². The summed E-state index contributed by atoms with van der Waals surface area (Å²) < 4.78 is 14.6. The van der Waals surface area contributed by atoms with Crippen molar-refractivity contribution in [3.8, 4) is 0 Å². The fourth-order valence-corrected chi connectivity index (χ4v) is 4.46. The minimum absolute atomic E-state index is 0.0722. The fourth-order valence-electron chi connectivity index (χ4n) is 3.16. The number of aryl methyl sites for hydroxylation is 1. The standard InChI is InChI=1S/C19H18BrFN4OS/c20-14-5-3-13(15(21)12-14)4-6-17(26)24-8-10-25(11-9-24)19-23-16-2-1-7-22-18(16)27-19/h1-3,5,7,12H,4,6,8-11H2. The van der Waals surface area contributed by atoms with Crippen LogP contribution in [0.25, 0.3) is 10.3 Å². The van der Waals surface area contributed by atoms with E-state index in [4.69, 9.17) is 0 Å². The number of amides is 1. The zero-order valence-electron chi connectivity index (χ0n) is 14.6. The average Bonchev–Trinajstić information content (AvgIpc) is 3.11. The first-order valence-electron chi connectivity index (χ1n) is 8.78. The molecular formula is C19H18BrFN4OS. The van der Waals surface area contributed by atoms with Crippen molar-refractivity contribution >= 4 is 48.7 Å². The second kappa shape index (κ2) is 7.90. The Bertz CT molecular complexity index is 938. The highest BCUT2D eigenvalue weighted by Crippen LogP contribution is 2.27. The van der Waals surface area contributed by atoms with E-state index in [1.165, 1.54) is 6.07 Å². The van der Waals surface area contributed by atoms with Crippen molar-refractivity contribution in [2.24, 2.45) is 0 Å². The van der Waals surface area contributed by atoms with Crippen LogP contribution in [0.3, 0.4) is 0 Å². The molecule has 5 nitrogen and oxygen atoms in total. The molecule has 3 aromatic rings. The van der Waals surface area contributed by atoms with Gasteiger partial charge in [-0.2, -0.15) is 0 Å². The van der Waals surface area contributed by atoms with Gasteiger partial charge in [-0.05, 0) is 36.2 Å². The van der Waals surface area contributed by atoms with Gasteiger partial charge in [0.1, 0.15) is 16.2 Å². The second-order valence-electron chi connectivity index (χ2n) is 6.43. The highest BCUT2D eigenvalue weighted by molar-refractivity contribution is 9.10. The van der Waals surface area contributed by atoms with Gasteiger partial charge in [0.25, 0.3) is 0 Å². The number of rotatable bonds is 4. The first-order valence-corrected chi connectivity index (χ1v) is 10.4. The molecule has 0 aliphatic carbocycles. The molecule has 1 saturated heterocycles. The van der Waals surface area contributed by atoms with Crippen molar-refractivity contribution in [2.45, 2.75) is 12.8 Å². The quantitative estimate of drug-likeness (QED) is 0.607. The lowest BCUT2D eigenvalue weighted by Crippen LogP contribution is -2.48. The van der Waals surface area contributed by atoms with E-state index in [1.54, 1.807) is 29.7 Å². The number of piperazine rings is 1. The number of hydrogen-bond acceptors (Lipinski definition) is 5. The third-order valence-electron chi connectivity index (χ3n) is 4.68. The van der Waals surface area contributed by atoms with Gasteiger partial charge in [-0.1, -0.05) is 33.3 Å². The number of pyridine rings is 1. The predicted octanol–water partition coefficient (Wildman–Crippen LogP) is 3.87. The number of benzene rings is 1. The number of anilines is 1. The normalized spacial score (nSPS) is 14.7. The number of halogens is 2. The highest BCUT2D eigenvalue weighted by atomic mass is 79.9. The third kappa shape index (κ3) is 4.11. The van der Waals surface area contributed by atoms with Crippen LogP contribution in [0.15, 0.2) is 41.0 Å². The molecule has 0 N–H and O–H groups in total. The van der Waals surface area contributed by atoms with Gasteiger partial charge in [-0.25, -0.2) is 14.4 Å². The van der Waals surface area contributed by atoms with Crippen LogP contribution in [0.1, 0.15) is 12.0 Å². The molecule has 4 rings (SSSR count). The smallest absolute Gasteiger partial charge is 0.223 e. The molecule has 0 radical (unpaired) electrons. The Morgan fingerprint density at radius 1 is 1.22 bits per heavy atom. The molecule has 1 aromatic carbocycles. The zero-order chi connectivity index (χ0) is 18.8. The van der Waals surface area contributed by atoms with E-state index in [2.05, 4.69) is 30.8 Å². The number of thiazole rings is 1. The molecule has 2 aromatic heterocycles. The van der Waals surface area contributed by atoms with Gasteiger partial charge >= 0.3 is 0 Å². The maximum absolute atomic E-state index is 13.9. The lowest BCUT2D eigenvalue weighted by Gasteiger charge is -2.34. The molecule has 3 heterocycles. The van der Waals surface area contributed by atoms with Crippen LogP contribution in [-0.2, 0) is 11.2 Å². The summed E-state index contributed by atoms with van der Waals surface area (Å²) >= 11 is 4.83. The van der Waals surface area contributed by atoms with Gasteiger partial charge in [-0.3, -0.25) is 4.79 Å². The molecule has 1 aliphatic rings. The molecule has 1 amide bonds. The summed E-state index contributed by atoms with van der Waals surface area (Å²) in [5.41, 5.74) is 1.49. The van der Waals surface area contributed by atoms with Crippen molar-refractivity contribution in [1.29, 1.82) is 0 Å². The lowest BCUT2D eigenvalue weighted by molar-refractivity contribution is -0.131. The summed E-state index contributed by atoms with van der Waals surface area (Å²) in [6, 6.07) is 8.81. The number of carbonyl (C=O) groups excluding carboxylic acids is 1. The maximum atomic E-state index is 13.9. The van der Waals surface area contributed by atoms with E-state index in [0.29, 0.717) is 36.0 Å². The summed E-state index contributed by atoms with van der Waals surface area (Å²) in [5.74, 6) is -0.200. The molecule has 27 heavy (non-hydrogen) atoms. The van der Waals surface area contributed by atoms with Crippen LogP contribution in [0.4, 0.5) is 9.52 Å². The Labute approximate surface area is 169 Å². The molecule has 140 valence electrons. The van der Waals surface area contributed by atoms with Crippen LogP contribution < -0.4 is 4.90 Å². The number of hydrogen-bond donors (Lipinski definition) is 0.